The number of carbonyl (C=O) groups is 5. The Balaban J connectivity index is 1.52. The fourth-order valence-electron chi connectivity index (χ4n) is 4.62. The zero-order chi connectivity index (χ0) is 30.3. The summed E-state index contributed by atoms with van der Waals surface area (Å²) in [6.45, 7) is 4.70. The van der Waals surface area contributed by atoms with Crippen LogP contribution in [0.25, 0.3) is 5.13 Å². The van der Waals surface area contributed by atoms with Crippen molar-refractivity contribution in [2.45, 2.75) is 57.6 Å². The van der Waals surface area contributed by atoms with Crippen LogP contribution in [0.1, 0.15) is 56.4 Å². The van der Waals surface area contributed by atoms with Crippen LogP contribution >= 0.6 is 11.3 Å². The summed E-state index contributed by atoms with van der Waals surface area (Å²) < 4.78 is 17.7. The number of nitrogens with zero attached hydrogens (tertiary/aromatic N) is 5. The fourth-order valence-corrected chi connectivity index (χ4v) is 5.21. The van der Waals surface area contributed by atoms with Gasteiger partial charge in [-0.2, -0.15) is 9.78 Å². The van der Waals surface area contributed by atoms with E-state index in [1.165, 1.54) is 31.9 Å². The highest BCUT2D eigenvalue weighted by Crippen LogP contribution is 2.38. The molecule has 0 unspecified atom stereocenters. The molecule has 228 valence electrons. The number of ether oxygens (including phenoxy) is 3. The lowest BCUT2D eigenvalue weighted by Gasteiger charge is -2.38. The summed E-state index contributed by atoms with van der Waals surface area (Å²) in [5.41, 5.74) is -1.32. The summed E-state index contributed by atoms with van der Waals surface area (Å²) >= 11 is 1.24. The Morgan fingerprint density at radius 2 is 1.76 bits per heavy atom. The predicted molar refractivity (Wildman–Crippen MR) is 146 cm³/mol. The first-order valence-electron chi connectivity index (χ1n) is 13.8. The molecule has 16 heteroatoms. The summed E-state index contributed by atoms with van der Waals surface area (Å²) in [7, 11) is 0. The van der Waals surface area contributed by atoms with Gasteiger partial charge in [0.15, 0.2) is 5.69 Å². The molecule has 2 aromatic heterocycles. The molecule has 42 heavy (non-hydrogen) atoms. The summed E-state index contributed by atoms with van der Waals surface area (Å²) in [4.78, 5) is 70.0. The average molecular weight is 607 g/mol. The van der Waals surface area contributed by atoms with Gasteiger partial charge in [-0.05, 0) is 39.5 Å². The number of thiazole rings is 1. The number of hydrogen-bond acceptors (Lipinski definition) is 11. The molecule has 3 amide bonds. The molecule has 1 saturated carbocycles. The van der Waals surface area contributed by atoms with E-state index in [9.17, 15) is 29.1 Å². The van der Waals surface area contributed by atoms with Crippen molar-refractivity contribution in [3.8, 4) is 11.0 Å². The van der Waals surface area contributed by atoms with E-state index in [4.69, 9.17) is 14.2 Å². The minimum atomic E-state index is -1.20. The van der Waals surface area contributed by atoms with E-state index in [1.807, 2.05) is 0 Å². The van der Waals surface area contributed by atoms with Crippen LogP contribution in [0.15, 0.2) is 17.6 Å². The Bertz CT molecular complexity index is 1290. The summed E-state index contributed by atoms with van der Waals surface area (Å²) in [6.07, 6.45) is 2.21. The second kappa shape index (κ2) is 13.6. The van der Waals surface area contributed by atoms with Crippen LogP contribution in [-0.4, -0.2) is 111 Å². The van der Waals surface area contributed by atoms with Gasteiger partial charge in [0.1, 0.15) is 6.04 Å². The minimum absolute atomic E-state index is 0.103. The van der Waals surface area contributed by atoms with Gasteiger partial charge in [0.25, 0.3) is 5.91 Å². The Kier molecular flexibility index (Phi) is 9.98. The van der Waals surface area contributed by atoms with Crippen molar-refractivity contribution >= 4 is 41.2 Å². The third-order valence-corrected chi connectivity index (χ3v) is 7.73. The van der Waals surface area contributed by atoms with E-state index in [-0.39, 0.29) is 63.8 Å². The molecule has 3 heterocycles. The van der Waals surface area contributed by atoms with Crippen LogP contribution in [0.2, 0.25) is 0 Å². The van der Waals surface area contributed by atoms with E-state index in [1.54, 1.807) is 25.4 Å². The normalized spacial score (nSPS) is 16.6. The van der Waals surface area contributed by atoms with Crippen LogP contribution in [0.4, 0.5) is 4.79 Å². The van der Waals surface area contributed by atoms with Crippen molar-refractivity contribution in [3.63, 3.8) is 0 Å². The third kappa shape index (κ3) is 6.98. The topological polar surface area (TPSA) is 182 Å². The maximum atomic E-state index is 13.4. The number of rotatable bonds is 12. The Morgan fingerprint density at radius 3 is 2.33 bits per heavy atom. The maximum Gasteiger partial charge on any atom is 0.409 e. The number of carboxylic acids is 1. The number of amides is 3. The van der Waals surface area contributed by atoms with Crippen molar-refractivity contribution in [2.24, 2.45) is 0 Å². The lowest BCUT2D eigenvalue weighted by atomic mass is 9.80. The van der Waals surface area contributed by atoms with Gasteiger partial charge in [-0.3, -0.25) is 14.4 Å². The summed E-state index contributed by atoms with van der Waals surface area (Å²) in [5.74, 6) is -2.73. The van der Waals surface area contributed by atoms with Crippen molar-refractivity contribution in [3.05, 3.63) is 23.3 Å². The van der Waals surface area contributed by atoms with Crippen LogP contribution in [0.3, 0.4) is 0 Å². The highest BCUT2D eigenvalue weighted by molar-refractivity contribution is 7.12. The van der Waals surface area contributed by atoms with E-state index in [2.05, 4.69) is 15.4 Å². The van der Waals surface area contributed by atoms with Gasteiger partial charge < -0.3 is 34.4 Å². The summed E-state index contributed by atoms with van der Waals surface area (Å²) in [5, 5.41) is 18.3. The standard InChI is InChI=1S/C26H34N6O9S/c1-3-39-23(37)26(8-5-9-26)41-19-16-18(29-32(19)24-27-10-15-42-24)21(35)28-17(6-7-20(33)34)22(36)30-11-13-31(14-12-30)25(38)40-4-2/h10,15-17H,3-9,11-14H2,1-2H3,(H,28,35)(H,33,34)/t17-/m0/s1. The van der Waals surface area contributed by atoms with Gasteiger partial charge in [0.2, 0.25) is 22.5 Å². The number of aromatic nitrogens is 3. The van der Waals surface area contributed by atoms with E-state index in [0.29, 0.717) is 18.0 Å². The molecule has 15 nitrogen and oxygen atoms in total. The van der Waals surface area contributed by atoms with Gasteiger partial charge in [0.05, 0.1) is 13.2 Å². The number of nitrogens with one attached hydrogen (secondary N) is 1. The molecule has 0 bridgehead atoms. The lowest BCUT2D eigenvalue weighted by molar-refractivity contribution is -0.170. The van der Waals surface area contributed by atoms with Crippen molar-refractivity contribution in [1.82, 2.24) is 29.9 Å². The molecule has 2 aliphatic rings. The fraction of sp³-hybridized carbons (Fsp3) is 0.577. The highest BCUT2D eigenvalue weighted by Gasteiger charge is 2.49. The zero-order valence-corrected chi connectivity index (χ0v) is 24.3. The zero-order valence-electron chi connectivity index (χ0n) is 23.4. The Hall–Kier alpha value is -4.21. The Labute approximate surface area is 245 Å². The smallest absolute Gasteiger partial charge is 0.409 e. The van der Waals surface area contributed by atoms with Gasteiger partial charge >= 0.3 is 18.0 Å². The van der Waals surface area contributed by atoms with Gasteiger partial charge in [-0.1, -0.05) is 0 Å². The summed E-state index contributed by atoms with van der Waals surface area (Å²) in [6, 6.07) is 0.196. The molecule has 2 aromatic rings. The van der Waals surface area contributed by atoms with Crippen molar-refractivity contribution < 1.29 is 43.3 Å². The number of esters is 1. The average Bonchev–Trinajstić information content (AvgIpc) is 3.63. The van der Waals surface area contributed by atoms with Crippen LogP contribution in [0.5, 0.6) is 5.88 Å². The SMILES string of the molecule is CCOC(=O)N1CCN(C(=O)[C@H](CCC(=O)O)NC(=O)c2cc(OC3(C(=O)OCC)CCC3)n(-c3nccs3)n2)CC1. The van der Waals surface area contributed by atoms with Crippen LogP contribution in [-0.2, 0) is 23.9 Å². The molecule has 4 rings (SSSR count). The molecular weight excluding hydrogens is 572 g/mol. The second-order valence-corrected chi connectivity index (χ2v) is 10.6. The third-order valence-electron chi connectivity index (χ3n) is 6.99. The van der Waals surface area contributed by atoms with Crippen molar-refractivity contribution in [2.75, 3.05) is 39.4 Å². The lowest BCUT2D eigenvalue weighted by Crippen LogP contribution is -2.56. The maximum absolute atomic E-state index is 13.4. The van der Waals surface area contributed by atoms with Gasteiger partial charge in [0, 0.05) is 50.2 Å². The van der Waals surface area contributed by atoms with E-state index in [0.717, 1.165) is 6.42 Å². The van der Waals surface area contributed by atoms with Crippen molar-refractivity contribution in [1.29, 1.82) is 0 Å². The number of hydrogen-bond donors (Lipinski definition) is 2. The monoisotopic (exact) mass is 606 g/mol. The number of aliphatic carboxylic acids is 1. The molecule has 0 spiro atoms. The quantitative estimate of drug-likeness (QED) is 0.334. The molecule has 2 fully saturated rings. The molecule has 2 N–H and O–H groups in total. The minimum Gasteiger partial charge on any atom is -0.481 e. The number of carbonyl (C=O) groups excluding carboxylic acids is 4. The first-order valence-corrected chi connectivity index (χ1v) is 14.6. The van der Waals surface area contributed by atoms with Gasteiger partial charge in [-0.15, -0.1) is 11.3 Å². The largest absolute Gasteiger partial charge is 0.481 e. The van der Waals surface area contributed by atoms with Crippen LogP contribution < -0.4 is 10.1 Å². The second-order valence-electron chi connectivity index (χ2n) is 9.73. The molecular formula is C26H34N6O9S. The number of piperazine rings is 1. The first kappa shape index (κ1) is 30.7. The first-order chi connectivity index (χ1) is 20.2. The molecule has 1 saturated heterocycles. The molecule has 1 aliphatic heterocycles. The number of carboxylic acid groups (broad SMARTS) is 1. The van der Waals surface area contributed by atoms with Crippen LogP contribution in [0, 0.1) is 0 Å². The van der Waals surface area contributed by atoms with E-state index >= 15 is 0 Å². The molecule has 0 aromatic carbocycles. The Morgan fingerprint density at radius 1 is 1.07 bits per heavy atom. The molecule has 0 radical (unpaired) electrons. The molecule has 1 atom stereocenters. The highest BCUT2D eigenvalue weighted by atomic mass is 32.1. The predicted octanol–water partition coefficient (Wildman–Crippen LogP) is 1.46. The van der Waals surface area contributed by atoms with Gasteiger partial charge in [-0.25, -0.2) is 14.6 Å². The van der Waals surface area contributed by atoms with E-state index < -0.39 is 41.5 Å². The molecule has 1 aliphatic carbocycles.